The summed E-state index contributed by atoms with van der Waals surface area (Å²) in [5.74, 6) is 0.586. The smallest absolute Gasteiger partial charge is 0.212 e. The van der Waals surface area contributed by atoms with Crippen molar-refractivity contribution in [2.75, 3.05) is 13.7 Å². The topological polar surface area (TPSA) is 68.4 Å². The van der Waals surface area contributed by atoms with Gasteiger partial charge in [-0.05, 0) is 18.4 Å². The third-order valence-corrected chi connectivity index (χ3v) is 2.07. The first-order valence-electron chi connectivity index (χ1n) is 4.64. The molecule has 0 aliphatic rings. The van der Waals surface area contributed by atoms with Crippen LogP contribution in [-0.2, 0) is 0 Å². The molecule has 1 aromatic rings. The van der Waals surface area contributed by atoms with Crippen LogP contribution in [0.5, 0.6) is 5.88 Å². The van der Waals surface area contributed by atoms with E-state index in [1.807, 2.05) is 6.07 Å². The van der Waals surface area contributed by atoms with Gasteiger partial charge in [-0.1, -0.05) is 6.07 Å². The Morgan fingerprint density at radius 1 is 1.53 bits per heavy atom. The average molecular weight is 233 g/mol. The van der Waals surface area contributed by atoms with Gasteiger partial charge in [-0.3, -0.25) is 0 Å². The minimum absolute atomic E-state index is 0. The van der Waals surface area contributed by atoms with E-state index in [0.29, 0.717) is 12.3 Å². The minimum Gasteiger partial charge on any atom is -0.481 e. The van der Waals surface area contributed by atoms with Gasteiger partial charge >= 0.3 is 0 Å². The quantitative estimate of drug-likeness (QED) is 0.803. The molecular formula is C10H17ClN2O2. The maximum atomic E-state index is 8.65. The molecule has 86 valence electrons. The van der Waals surface area contributed by atoms with Crippen LogP contribution in [0.2, 0.25) is 0 Å². The molecule has 1 aromatic heterocycles. The van der Waals surface area contributed by atoms with Crippen LogP contribution in [0.15, 0.2) is 18.3 Å². The maximum absolute atomic E-state index is 8.65. The number of ether oxygens (including phenoxy) is 1. The molecule has 15 heavy (non-hydrogen) atoms. The van der Waals surface area contributed by atoms with Gasteiger partial charge in [0, 0.05) is 24.9 Å². The summed E-state index contributed by atoms with van der Waals surface area (Å²) in [5.41, 5.74) is 6.85. The van der Waals surface area contributed by atoms with Gasteiger partial charge in [0.2, 0.25) is 5.88 Å². The molecule has 0 saturated carbocycles. The van der Waals surface area contributed by atoms with Gasteiger partial charge in [-0.25, -0.2) is 4.98 Å². The van der Waals surface area contributed by atoms with Crippen LogP contribution in [-0.4, -0.2) is 23.8 Å². The zero-order chi connectivity index (χ0) is 10.4. The molecule has 0 bridgehead atoms. The van der Waals surface area contributed by atoms with Crippen LogP contribution in [0.4, 0.5) is 0 Å². The average Bonchev–Trinajstić information content (AvgIpc) is 2.26. The fourth-order valence-corrected chi connectivity index (χ4v) is 1.21. The van der Waals surface area contributed by atoms with Crippen LogP contribution in [0, 0.1) is 0 Å². The van der Waals surface area contributed by atoms with Gasteiger partial charge in [0.05, 0.1) is 7.11 Å². The third kappa shape index (κ3) is 4.46. The lowest BCUT2D eigenvalue weighted by Gasteiger charge is -2.10. The molecule has 0 aromatic carbocycles. The predicted octanol–water partition coefficient (Wildman–Crippen LogP) is 1.28. The van der Waals surface area contributed by atoms with Crippen LogP contribution in [0.3, 0.4) is 0 Å². The van der Waals surface area contributed by atoms with Crippen LogP contribution in [0.25, 0.3) is 0 Å². The van der Waals surface area contributed by atoms with E-state index in [1.54, 1.807) is 19.4 Å². The maximum Gasteiger partial charge on any atom is 0.212 e. The summed E-state index contributed by atoms with van der Waals surface area (Å²) in [6.45, 7) is 0.178. The van der Waals surface area contributed by atoms with Gasteiger partial charge in [0.1, 0.15) is 0 Å². The Bertz CT molecular complexity index is 267. The van der Waals surface area contributed by atoms with E-state index in [9.17, 15) is 0 Å². The number of aromatic nitrogens is 1. The van der Waals surface area contributed by atoms with Crippen LogP contribution < -0.4 is 10.5 Å². The Morgan fingerprint density at radius 3 is 2.73 bits per heavy atom. The van der Waals surface area contributed by atoms with Crippen molar-refractivity contribution in [2.45, 2.75) is 18.9 Å². The molecule has 0 saturated heterocycles. The van der Waals surface area contributed by atoms with Crippen LogP contribution in [0.1, 0.15) is 24.4 Å². The van der Waals surface area contributed by atoms with E-state index in [2.05, 4.69) is 4.98 Å². The molecular weight excluding hydrogens is 216 g/mol. The number of methoxy groups -OCH3 is 1. The van der Waals surface area contributed by atoms with E-state index < -0.39 is 0 Å². The number of hydrogen-bond acceptors (Lipinski definition) is 4. The highest BCUT2D eigenvalue weighted by atomic mass is 35.5. The van der Waals surface area contributed by atoms with Crippen molar-refractivity contribution in [1.29, 1.82) is 0 Å². The second kappa shape index (κ2) is 7.45. The number of halogens is 1. The summed E-state index contributed by atoms with van der Waals surface area (Å²) in [6.07, 6.45) is 3.19. The molecule has 3 N–H and O–H groups in total. The standard InChI is InChI=1S/C10H16N2O2.ClH/c1-14-10-5-4-8(7-12-10)9(11)3-2-6-13;/h4-5,7,9,13H,2-3,6,11H2,1H3;1H/t9-;/m1./s1. The Morgan fingerprint density at radius 2 is 2.27 bits per heavy atom. The summed E-state index contributed by atoms with van der Waals surface area (Å²) in [4.78, 5) is 4.06. The SMILES string of the molecule is COc1ccc([C@H](N)CCCO)cn1.Cl. The lowest BCUT2D eigenvalue weighted by Crippen LogP contribution is -2.11. The molecule has 0 aliphatic carbocycles. The van der Waals surface area contributed by atoms with E-state index in [0.717, 1.165) is 12.0 Å². The summed E-state index contributed by atoms with van der Waals surface area (Å²) in [5, 5.41) is 8.65. The number of nitrogens with zero attached hydrogens (tertiary/aromatic N) is 1. The van der Waals surface area contributed by atoms with Crippen molar-refractivity contribution in [3.05, 3.63) is 23.9 Å². The monoisotopic (exact) mass is 232 g/mol. The lowest BCUT2D eigenvalue weighted by atomic mass is 10.1. The van der Waals surface area contributed by atoms with Crippen LogP contribution >= 0.6 is 12.4 Å². The fourth-order valence-electron chi connectivity index (χ4n) is 1.21. The largest absolute Gasteiger partial charge is 0.481 e. The molecule has 4 nitrogen and oxygen atoms in total. The first kappa shape index (κ1) is 14.2. The number of nitrogens with two attached hydrogens (primary N) is 1. The number of rotatable bonds is 5. The molecule has 1 atom stereocenters. The second-order valence-electron chi connectivity index (χ2n) is 3.11. The summed E-state index contributed by atoms with van der Waals surface area (Å²) in [6, 6.07) is 3.63. The Hall–Kier alpha value is -0.840. The molecule has 0 unspecified atom stereocenters. The zero-order valence-corrected chi connectivity index (χ0v) is 9.54. The van der Waals surface area contributed by atoms with E-state index >= 15 is 0 Å². The minimum atomic E-state index is -0.0550. The first-order chi connectivity index (χ1) is 6.77. The Labute approximate surface area is 95.9 Å². The summed E-state index contributed by atoms with van der Waals surface area (Å²) < 4.78 is 4.94. The first-order valence-corrected chi connectivity index (χ1v) is 4.64. The summed E-state index contributed by atoms with van der Waals surface area (Å²) in [7, 11) is 1.58. The number of aliphatic hydroxyl groups excluding tert-OH is 1. The molecule has 0 amide bonds. The Kier molecular flexibility index (Phi) is 7.03. The van der Waals surface area contributed by atoms with E-state index in [-0.39, 0.29) is 25.1 Å². The molecule has 0 radical (unpaired) electrons. The molecule has 5 heteroatoms. The van der Waals surface area contributed by atoms with Gasteiger partial charge < -0.3 is 15.6 Å². The molecule has 0 spiro atoms. The highest BCUT2D eigenvalue weighted by Crippen LogP contribution is 2.16. The van der Waals surface area contributed by atoms with Gasteiger partial charge in [0.25, 0.3) is 0 Å². The lowest BCUT2D eigenvalue weighted by molar-refractivity contribution is 0.280. The highest BCUT2D eigenvalue weighted by molar-refractivity contribution is 5.85. The van der Waals surface area contributed by atoms with Crippen molar-refractivity contribution in [3.8, 4) is 5.88 Å². The Balaban J connectivity index is 0.00000196. The normalized spacial score (nSPS) is 11.7. The number of hydrogen-bond donors (Lipinski definition) is 2. The van der Waals surface area contributed by atoms with Crippen molar-refractivity contribution in [1.82, 2.24) is 4.98 Å². The van der Waals surface area contributed by atoms with Crippen molar-refractivity contribution < 1.29 is 9.84 Å². The fraction of sp³-hybridized carbons (Fsp3) is 0.500. The van der Waals surface area contributed by atoms with Gasteiger partial charge in [0.15, 0.2) is 0 Å². The van der Waals surface area contributed by atoms with Crippen molar-refractivity contribution in [2.24, 2.45) is 5.73 Å². The number of pyridine rings is 1. The zero-order valence-electron chi connectivity index (χ0n) is 8.72. The molecule has 0 fully saturated rings. The van der Waals surface area contributed by atoms with E-state index in [1.165, 1.54) is 0 Å². The number of aliphatic hydroxyl groups is 1. The molecule has 1 rings (SSSR count). The van der Waals surface area contributed by atoms with Crippen molar-refractivity contribution >= 4 is 12.4 Å². The van der Waals surface area contributed by atoms with Gasteiger partial charge in [-0.2, -0.15) is 0 Å². The van der Waals surface area contributed by atoms with Gasteiger partial charge in [-0.15, -0.1) is 12.4 Å². The second-order valence-corrected chi connectivity index (χ2v) is 3.11. The highest BCUT2D eigenvalue weighted by Gasteiger charge is 2.05. The van der Waals surface area contributed by atoms with E-state index in [4.69, 9.17) is 15.6 Å². The molecule has 1 heterocycles. The summed E-state index contributed by atoms with van der Waals surface area (Å²) >= 11 is 0. The predicted molar refractivity (Wildman–Crippen MR) is 61.3 cm³/mol. The third-order valence-electron chi connectivity index (χ3n) is 2.07. The van der Waals surface area contributed by atoms with Crippen molar-refractivity contribution in [3.63, 3.8) is 0 Å². The molecule has 0 aliphatic heterocycles.